The maximum absolute atomic E-state index is 12.3. The molecular formula is C15H12BrNO3. The molecule has 2 aromatic carbocycles. The molecule has 0 spiro atoms. The van der Waals surface area contributed by atoms with E-state index in [1.54, 1.807) is 6.07 Å². The Kier molecular flexibility index (Phi) is 3.44. The fraction of sp³-hybridized carbons (Fsp3) is 0.200. The van der Waals surface area contributed by atoms with Crippen molar-refractivity contribution in [2.75, 3.05) is 6.61 Å². The van der Waals surface area contributed by atoms with Gasteiger partial charge in [0.25, 0.3) is 5.91 Å². The average molecular weight is 334 g/mol. The molecule has 1 aliphatic heterocycles. The maximum Gasteiger partial charge on any atom is 0.328 e. The second-order valence-corrected chi connectivity index (χ2v) is 5.48. The van der Waals surface area contributed by atoms with Gasteiger partial charge in [-0.05, 0) is 22.9 Å². The van der Waals surface area contributed by atoms with E-state index in [9.17, 15) is 9.59 Å². The number of carbonyl (C=O) groups excluding carboxylic acids is 2. The number of hydrogen-bond donors (Lipinski definition) is 1. The summed E-state index contributed by atoms with van der Waals surface area (Å²) in [5, 5.41) is 4.55. The first-order valence-electron chi connectivity index (χ1n) is 6.31. The minimum atomic E-state index is -0.537. The van der Waals surface area contributed by atoms with Crippen molar-refractivity contribution in [1.82, 2.24) is 5.32 Å². The van der Waals surface area contributed by atoms with Crippen molar-refractivity contribution in [3.8, 4) is 0 Å². The summed E-state index contributed by atoms with van der Waals surface area (Å²) in [5.41, 5.74) is 0.559. The summed E-state index contributed by atoms with van der Waals surface area (Å²) in [6.45, 7) is 0.366. The van der Waals surface area contributed by atoms with E-state index in [4.69, 9.17) is 4.74 Å². The summed E-state index contributed by atoms with van der Waals surface area (Å²) in [5.74, 6) is -0.614. The highest BCUT2D eigenvalue weighted by molar-refractivity contribution is 9.10. The van der Waals surface area contributed by atoms with E-state index in [2.05, 4.69) is 21.2 Å². The van der Waals surface area contributed by atoms with Crippen molar-refractivity contribution >= 4 is 38.6 Å². The van der Waals surface area contributed by atoms with Gasteiger partial charge in [0, 0.05) is 16.5 Å². The molecule has 1 saturated heterocycles. The van der Waals surface area contributed by atoms with Gasteiger partial charge in [0.05, 0.1) is 6.61 Å². The minimum absolute atomic E-state index is 0.252. The summed E-state index contributed by atoms with van der Waals surface area (Å²) < 4.78 is 5.78. The van der Waals surface area contributed by atoms with Crippen molar-refractivity contribution < 1.29 is 14.3 Å². The van der Waals surface area contributed by atoms with E-state index in [1.165, 1.54) is 0 Å². The lowest BCUT2D eigenvalue weighted by atomic mass is 10.0. The van der Waals surface area contributed by atoms with E-state index in [0.717, 1.165) is 15.2 Å². The summed E-state index contributed by atoms with van der Waals surface area (Å²) >= 11 is 3.47. The molecule has 3 rings (SSSR count). The Balaban J connectivity index is 1.96. The van der Waals surface area contributed by atoms with Gasteiger partial charge in [-0.3, -0.25) is 4.79 Å². The monoisotopic (exact) mass is 333 g/mol. The molecule has 1 aliphatic rings. The zero-order valence-electron chi connectivity index (χ0n) is 10.6. The van der Waals surface area contributed by atoms with Crippen LogP contribution < -0.4 is 5.32 Å². The summed E-state index contributed by atoms with van der Waals surface area (Å²) in [6.07, 6.45) is 0.527. The molecule has 1 atom stereocenters. The molecule has 4 nitrogen and oxygen atoms in total. The third-order valence-electron chi connectivity index (χ3n) is 3.36. The summed E-state index contributed by atoms with van der Waals surface area (Å²) in [4.78, 5) is 23.8. The summed E-state index contributed by atoms with van der Waals surface area (Å²) in [6, 6.07) is 10.7. The molecule has 0 saturated carbocycles. The van der Waals surface area contributed by atoms with Gasteiger partial charge in [-0.15, -0.1) is 0 Å². The number of carbonyl (C=O) groups is 2. The van der Waals surface area contributed by atoms with Crippen molar-refractivity contribution in [1.29, 1.82) is 0 Å². The predicted molar refractivity (Wildman–Crippen MR) is 78.5 cm³/mol. The van der Waals surface area contributed by atoms with E-state index in [-0.39, 0.29) is 11.9 Å². The molecule has 1 unspecified atom stereocenters. The molecule has 1 heterocycles. The second kappa shape index (κ2) is 5.25. The first kappa shape index (κ1) is 13.1. The molecule has 1 N–H and O–H groups in total. The van der Waals surface area contributed by atoms with E-state index in [0.29, 0.717) is 18.6 Å². The molecule has 2 aromatic rings. The molecule has 0 aliphatic carbocycles. The number of fused-ring (bicyclic) bond motifs is 1. The number of hydrogen-bond acceptors (Lipinski definition) is 3. The van der Waals surface area contributed by atoms with E-state index >= 15 is 0 Å². The highest BCUT2D eigenvalue weighted by atomic mass is 79.9. The lowest BCUT2D eigenvalue weighted by Crippen LogP contribution is -2.37. The van der Waals surface area contributed by atoms with Crippen LogP contribution in [0.2, 0.25) is 0 Å². The third kappa shape index (κ3) is 2.29. The van der Waals surface area contributed by atoms with Crippen molar-refractivity contribution in [3.05, 3.63) is 46.4 Å². The molecule has 0 aromatic heterocycles. The zero-order valence-corrected chi connectivity index (χ0v) is 12.1. The van der Waals surface area contributed by atoms with E-state index < -0.39 is 6.04 Å². The molecule has 0 radical (unpaired) electrons. The Hall–Kier alpha value is -1.88. The molecule has 0 bridgehead atoms. The lowest BCUT2D eigenvalue weighted by Gasteiger charge is -2.11. The standard InChI is InChI=1S/C15H12BrNO3/c16-12-6-5-11(9-3-1-2-4-10(9)12)14(18)17-13-7-8-20-15(13)19/h1-6,13H,7-8H2,(H,17,18). The Bertz CT molecular complexity index is 699. The number of benzene rings is 2. The number of esters is 1. The Labute approximate surface area is 124 Å². The Morgan fingerprint density at radius 3 is 2.65 bits per heavy atom. The van der Waals surface area contributed by atoms with Crippen molar-refractivity contribution in [2.24, 2.45) is 0 Å². The number of halogens is 1. The Morgan fingerprint density at radius 1 is 1.20 bits per heavy atom. The number of rotatable bonds is 2. The lowest BCUT2D eigenvalue weighted by molar-refractivity contribution is -0.139. The van der Waals surface area contributed by atoms with Crippen LogP contribution in [0.4, 0.5) is 0 Å². The number of nitrogens with one attached hydrogen (secondary N) is 1. The van der Waals surface area contributed by atoms with Gasteiger partial charge in [-0.25, -0.2) is 4.79 Å². The van der Waals surface area contributed by atoms with Crippen LogP contribution in [0.1, 0.15) is 16.8 Å². The van der Waals surface area contributed by atoms with E-state index in [1.807, 2.05) is 30.3 Å². The predicted octanol–water partition coefficient (Wildman–Crippen LogP) is 2.65. The molecule has 5 heteroatoms. The van der Waals surface area contributed by atoms with Gasteiger partial charge >= 0.3 is 5.97 Å². The third-order valence-corrected chi connectivity index (χ3v) is 4.05. The molecule has 102 valence electrons. The SMILES string of the molecule is O=C(NC1CCOC1=O)c1ccc(Br)c2ccccc12. The van der Waals surface area contributed by atoms with Crippen LogP contribution in [0, 0.1) is 0 Å². The van der Waals surface area contributed by atoms with Crippen molar-refractivity contribution in [3.63, 3.8) is 0 Å². The minimum Gasteiger partial charge on any atom is -0.464 e. The average Bonchev–Trinajstić information content (AvgIpc) is 2.85. The fourth-order valence-electron chi connectivity index (χ4n) is 2.32. The van der Waals surface area contributed by atoms with Gasteiger partial charge in [0.1, 0.15) is 6.04 Å². The van der Waals surface area contributed by atoms with Crippen LogP contribution in [0.25, 0.3) is 10.8 Å². The normalized spacial score (nSPS) is 18.1. The van der Waals surface area contributed by atoms with Crippen LogP contribution in [0.5, 0.6) is 0 Å². The maximum atomic E-state index is 12.3. The quantitative estimate of drug-likeness (QED) is 0.859. The van der Waals surface area contributed by atoms with Gasteiger partial charge in [-0.2, -0.15) is 0 Å². The number of ether oxygens (including phenoxy) is 1. The smallest absolute Gasteiger partial charge is 0.328 e. The number of cyclic esters (lactones) is 1. The first-order valence-corrected chi connectivity index (χ1v) is 7.11. The van der Waals surface area contributed by atoms with Crippen LogP contribution in [-0.2, 0) is 9.53 Å². The van der Waals surface area contributed by atoms with Gasteiger partial charge in [-0.1, -0.05) is 40.2 Å². The van der Waals surface area contributed by atoms with Gasteiger partial charge in [0.2, 0.25) is 0 Å². The molecule has 1 fully saturated rings. The molecule has 1 amide bonds. The molecular weight excluding hydrogens is 322 g/mol. The van der Waals surface area contributed by atoms with Gasteiger partial charge < -0.3 is 10.1 Å². The second-order valence-electron chi connectivity index (χ2n) is 4.62. The highest BCUT2D eigenvalue weighted by Gasteiger charge is 2.28. The topological polar surface area (TPSA) is 55.4 Å². The van der Waals surface area contributed by atoms with Crippen LogP contribution in [0.3, 0.4) is 0 Å². The van der Waals surface area contributed by atoms with Gasteiger partial charge in [0.15, 0.2) is 0 Å². The Morgan fingerprint density at radius 2 is 1.95 bits per heavy atom. The highest BCUT2D eigenvalue weighted by Crippen LogP contribution is 2.27. The summed E-state index contributed by atoms with van der Waals surface area (Å²) in [7, 11) is 0. The first-order chi connectivity index (χ1) is 9.66. The van der Waals surface area contributed by atoms with Crippen LogP contribution >= 0.6 is 15.9 Å². The van der Waals surface area contributed by atoms with Crippen molar-refractivity contribution in [2.45, 2.75) is 12.5 Å². The largest absolute Gasteiger partial charge is 0.464 e. The number of amides is 1. The van der Waals surface area contributed by atoms with Crippen LogP contribution in [-0.4, -0.2) is 24.5 Å². The van der Waals surface area contributed by atoms with Crippen LogP contribution in [0.15, 0.2) is 40.9 Å². The fourth-order valence-corrected chi connectivity index (χ4v) is 2.80. The zero-order chi connectivity index (χ0) is 14.1. The molecule has 20 heavy (non-hydrogen) atoms.